The van der Waals surface area contributed by atoms with Crippen molar-refractivity contribution < 1.29 is 27.5 Å². The quantitative estimate of drug-likeness (QED) is 0.578. The SMILES string of the molecule is CCCCc1ccc(NS(=O)(=O)c2cccc(C(=O)OCC(=O)N3CCCC3=O)c2)cc1. The van der Waals surface area contributed by atoms with Crippen molar-refractivity contribution in [2.45, 2.75) is 43.9 Å². The number of unbranched alkanes of at least 4 members (excludes halogenated alkanes) is 1. The van der Waals surface area contributed by atoms with Gasteiger partial charge in [-0.25, -0.2) is 13.2 Å². The summed E-state index contributed by atoms with van der Waals surface area (Å²) in [5, 5.41) is 0. The second-order valence-electron chi connectivity index (χ2n) is 7.55. The zero-order valence-corrected chi connectivity index (χ0v) is 18.7. The van der Waals surface area contributed by atoms with Gasteiger partial charge in [0.05, 0.1) is 10.5 Å². The molecule has 0 saturated carbocycles. The maximum absolute atomic E-state index is 12.7. The summed E-state index contributed by atoms with van der Waals surface area (Å²) < 4.78 is 33.0. The summed E-state index contributed by atoms with van der Waals surface area (Å²) in [5.41, 5.74) is 1.53. The lowest BCUT2D eigenvalue weighted by molar-refractivity contribution is -0.143. The highest BCUT2D eigenvalue weighted by Crippen LogP contribution is 2.19. The first-order chi connectivity index (χ1) is 15.3. The Morgan fingerprint density at radius 2 is 1.88 bits per heavy atom. The molecular formula is C23H26N2O6S. The monoisotopic (exact) mass is 458 g/mol. The molecule has 1 aliphatic rings. The minimum Gasteiger partial charge on any atom is -0.452 e. The number of nitrogens with one attached hydrogen (secondary N) is 1. The number of anilines is 1. The molecule has 0 unspecified atom stereocenters. The maximum Gasteiger partial charge on any atom is 0.338 e. The van der Waals surface area contributed by atoms with Crippen LogP contribution in [0.25, 0.3) is 0 Å². The molecule has 2 aromatic carbocycles. The standard InChI is InChI=1S/C23H26N2O6S/c1-2-3-6-17-10-12-19(13-11-17)24-32(29,30)20-8-4-7-18(15-20)23(28)31-16-22(27)25-14-5-9-21(25)26/h4,7-8,10-13,15,24H,2-3,5-6,9,14,16H2,1H3. The minimum atomic E-state index is -3.93. The Morgan fingerprint density at radius 3 is 2.53 bits per heavy atom. The van der Waals surface area contributed by atoms with Gasteiger partial charge in [0.1, 0.15) is 0 Å². The number of esters is 1. The van der Waals surface area contributed by atoms with Crippen molar-refractivity contribution in [3.05, 3.63) is 59.7 Å². The van der Waals surface area contributed by atoms with Crippen molar-refractivity contribution in [1.29, 1.82) is 0 Å². The van der Waals surface area contributed by atoms with Crippen molar-refractivity contribution in [1.82, 2.24) is 4.90 Å². The fraction of sp³-hybridized carbons (Fsp3) is 0.348. The van der Waals surface area contributed by atoms with E-state index in [-0.39, 0.29) is 16.4 Å². The number of nitrogens with zero attached hydrogens (tertiary/aromatic N) is 1. The predicted octanol–water partition coefficient (Wildman–Crippen LogP) is 3.14. The number of sulfonamides is 1. The molecule has 1 aliphatic heterocycles. The van der Waals surface area contributed by atoms with E-state index in [1.807, 2.05) is 12.1 Å². The van der Waals surface area contributed by atoms with Gasteiger partial charge in [-0.2, -0.15) is 0 Å². The van der Waals surface area contributed by atoms with Crippen LogP contribution in [-0.2, 0) is 30.8 Å². The summed E-state index contributed by atoms with van der Waals surface area (Å²) >= 11 is 0. The highest BCUT2D eigenvalue weighted by molar-refractivity contribution is 7.92. The van der Waals surface area contributed by atoms with E-state index in [0.717, 1.165) is 29.7 Å². The number of hydrogen-bond donors (Lipinski definition) is 1. The molecule has 1 N–H and O–H groups in total. The fourth-order valence-corrected chi connectivity index (χ4v) is 4.43. The summed E-state index contributed by atoms with van der Waals surface area (Å²) in [4.78, 5) is 36.9. The van der Waals surface area contributed by atoms with E-state index >= 15 is 0 Å². The van der Waals surface area contributed by atoms with Gasteiger partial charge in [-0.15, -0.1) is 0 Å². The molecule has 0 bridgehead atoms. The minimum absolute atomic E-state index is 0.0108. The Morgan fingerprint density at radius 1 is 1.12 bits per heavy atom. The first-order valence-corrected chi connectivity index (χ1v) is 12.0. The average Bonchev–Trinajstić information content (AvgIpc) is 3.22. The van der Waals surface area contributed by atoms with Gasteiger partial charge < -0.3 is 4.74 Å². The highest BCUT2D eigenvalue weighted by atomic mass is 32.2. The summed E-state index contributed by atoms with van der Waals surface area (Å²) in [5.74, 6) is -1.72. The van der Waals surface area contributed by atoms with E-state index in [1.165, 1.54) is 24.3 Å². The van der Waals surface area contributed by atoms with Crippen LogP contribution in [0.1, 0.15) is 48.5 Å². The number of likely N-dealkylation sites (tertiary alicyclic amines) is 1. The van der Waals surface area contributed by atoms with E-state index in [4.69, 9.17) is 4.74 Å². The van der Waals surface area contributed by atoms with Crippen LogP contribution in [-0.4, -0.2) is 44.3 Å². The van der Waals surface area contributed by atoms with Crippen molar-refractivity contribution in [3.63, 3.8) is 0 Å². The predicted molar refractivity (Wildman–Crippen MR) is 119 cm³/mol. The van der Waals surface area contributed by atoms with Crippen molar-refractivity contribution in [3.8, 4) is 0 Å². The molecule has 0 radical (unpaired) electrons. The number of benzene rings is 2. The van der Waals surface area contributed by atoms with Gasteiger partial charge in [0.2, 0.25) is 5.91 Å². The molecule has 0 atom stereocenters. The van der Waals surface area contributed by atoms with Gasteiger partial charge in [-0.3, -0.25) is 19.2 Å². The molecule has 0 aliphatic carbocycles. The van der Waals surface area contributed by atoms with Gasteiger partial charge in [0.25, 0.3) is 15.9 Å². The molecule has 1 heterocycles. The number of rotatable bonds is 9. The molecule has 0 aromatic heterocycles. The summed E-state index contributed by atoms with van der Waals surface area (Å²) in [6.07, 6.45) is 3.97. The number of imide groups is 1. The Kier molecular flexibility index (Phi) is 7.63. The number of hydrogen-bond acceptors (Lipinski definition) is 6. The van der Waals surface area contributed by atoms with E-state index in [9.17, 15) is 22.8 Å². The summed E-state index contributed by atoms with van der Waals surface area (Å²) in [7, 11) is -3.93. The van der Waals surface area contributed by atoms with E-state index in [0.29, 0.717) is 25.1 Å². The van der Waals surface area contributed by atoms with Gasteiger partial charge in [-0.1, -0.05) is 31.5 Å². The first kappa shape index (κ1) is 23.5. The second kappa shape index (κ2) is 10.4. The lowest BCUT2D eigenvalue weighted by Crippen LogP contribution is -2.35. The average molecular weight is 459 g/mol. The van der Waals surface area contributed by atoms with Gasteiger partial charge >= 0.3 is 5.97 Å². The number of carbonyl (C=O) groups is 3. The Bertz CT molecular complexity index is 1100. The van der Waals surface area contributed by atoms with E-state index in [2.05, 4.69) is 11.6 Å². The lowest BCUT2D eigenvalue weighted by atomic mass is 10.1. The zero-order chi connectivity index (χ0) is 23.1. The molecule has 8 nitrogen and oxygen atoms in total. The first-order valence-electron chi connectivity index (χ1n) is 10.5. The molecule has 0 spiro atoms. The smallest absolute Gasteiger partial charge is 0.338 e. The Labute approximate surface area is 187 Å². The summed E-state index contributed by atoms with van der Waals surface area (Å²) in [6, 6.07) is 12.5. The molecule has 9 heteroatoms. The molecule has 170 valence electrons. The molecule has 2 aromatic rings. The number of ether oxygens (including phenoxy) is 1. The van der Waals surface area contributed by atoms with Crippen molar-refractivity contribution >= 4 is 33.5 Å². The molecule has 1 fully saturated rings. The topological polar surface area (TPSA) is 110 Å². The van der Waals surface area contributed by atoms with Crippen molar-refractivity contribution in [2.24, 2.45) is 0 Å². The largest absolute Gasteiger partial charge is 0.452 e. The lowest BCUT2D eigenvalue weighted by Gasteiger charge is -2.13. The van der Waals surface area contributed by atoms with Crippen LogP contribution in [0.2, 0.25) is 0 Å². The highest BCUT2D eigenvalue weighted by Gasteiger charge is 2.27. The van der Waals surface area contributed by atoms with Crippen LogP contribution in [0.4, 0.5) is 5.69 Å². The Balaban J connectivity index is 1.64. The zero-order valence-electron chi connectivity index (χ0n) is 17.9. The van der Waals surface area contributed by atoms with Crippen LogP contribution in [0.3, 0.4) is 0 Å². The third-order valence-electron chi connectivity index (χ3n) is 5.11. The van der Waals surface area contributed by atoms with Gasteiger partial charge in [0, 0.05) is 18.7 Å². The number of aryl methyl sites for hydroxylation is 1. The molecule has 2 amide bonds. The summed E-state index contributed by atoms with van der Waals surface area (Å²) in [6.45, 7) is 1.84. The van der Waals surface area contributed by atoms with Crippen molar-refractivity contribution in [2.75, 3.05) is 17.9 Å². The molecule has 32 heavy (non-hydrogen) atoms. The third-order valence-corrected chi connectivity index (χ3v) is 6.49. The van der Waals surface area contributed by atoms with E-state index < -0.39 is 28.5 Å². The maximum atomic E-state index is 12.7. The second-order valence-corrected chi connectivity index (χ2v) is 9.24. The van der Waals surface area contributed by atoms with E-state index in [1.54, 1.807) is 12.1 Å². The molecule has 1 saturated heterocycles. The van der Waals surface area contributed by atoms with Gasteiger partial charge in [-0.05, 0) is 55.2 Å². The van der Waals surface area contributed by atoms with Crippen LogP contribution in [0, 0.1) is 0 Å². The van der Waals surface area contributed by atoms with Crippen LogP contribution >= 0.6 is 0 Å². The molecular weight excluding hydrogens is 432 g/mol. The Hall–Kier alpha value is -3.20. The normalized spacial score (nSPS) is 13.8. The third kappa shape index (κ3) is 5.94. The number of amides is 2. The molecule has 3 rings (SSSR count). The number of carbonyl (C=O) groups excluding carboxylic acids is 3. The van der Waals surface area contributed by atoms with Crippen LogP contribution in [0.15, 0.2) is 53.4 Å². The van der Waals surface area contributed by atoms with Crippen LogP contribution in [0.5, 0.6) is 0 Å². The van der Waals surface area contributed by atoms with Gasteiger partial charge in [0.15, 0.2) is 6.61 Å². The van der Waals surface area contributed by atoms with Crippen LogP contribution < -0.4 is 4.72 Å². The fourth-order valence-electron chi connectivity index (χ4n) is 3.33.